The highest BCUT2D eigenvalue weighted by Crippen LogP contribution is 2.17. The maximum absolute atomic E-state index is 12.8. The maximum Gasteiger partial charge on any atom is 0.275 e. The number of nitrogens with one attached hydrogen (secondary N) is 2. The minimum Gasteiger partial charge on any atom is -0.496 e. The summed E-state index contributed by atoms with van der Waals surface area (Å²) in [5, 5.41) is 2.92. The summed E-state index contributed by atoms with van der Waals surface area (Å²) in [5.74, 6) is 0.691. The van der Waals surface area contributed by atoms with E-state index >= 15 is 0 Å². The summed E-state index contributed by atoms with van der Waals surface area (Å²) in [4.78, 5) is 13.7. The van der Waals surface area contributed by atoms with Crippen LogP contribution in [0.25, 0.3) is 0 Å². The molecule has 2 aromatic carbocycles. The van der Waals surface area contributed by atoms with Gasteiger partial charge in [-0.1, -0.05) is 35.9 Å². The number of hydrogen-bond acceptors (Lipinski definition) is 4. The van der Waals surface area contributed by atoms with Crippen molar-refractivity contribution in [3.63, 3.8) is 0 Å². The molecule has 1 fully saturated rings. The molecule has 29 heavy (non-hydrogen) atoms. The lowest BCUT2D eigenvalue weighted by molar-refractivity contribution is -0.895. The van der Waals surface area contributed by atoms with E-state index in [0.717, 1.165) is 21.8 Å². The van der Waals surface area contributed by atoms with Gasteiger partial charge in [-0.2, -0.15) is 4.31 Å². The van der Waals surface area contributed by atoms with Crippen LogP contribution in [0.4, 0.5) is 0 Å². The fourth-order valence-corrected chi connectivity index (χ4v) is 4.85. The van der Waals surface area contributed by atoms with E-state index in [1.807, 2.05) is 31.2 Å². The van der Waals surface area contributed by atoms with Gasteiger partial charge in [-0.25, -0.2) is 8.42 Å². The Bertz CT molecular complexity index is 937. The molecule has 7 nitrogen and oxygen atoms in total. The van der Waals surface area contributed by atoms with E-state index in [0.29, 0.717) is 44.2 Å². The smallest absolute Gasteiger partial charge is 0.275 e. The predicted molar refractivity (Wildman–Crippen MR) is 110 cm³/mol. The molecule has 0 aromatic heterocycles. The van der Waals surface area contributed by atoms with Crippen molar-refractivity contribution < 1.29 is 22.8 Å². The molecule has 0 unspecified atom stereocenters. The van der Waals surface area contributed by atoms with E-state index in [2.05, 4.69) is 5.32 Å². The van der Waals surface area contributed by atoms with Gasteiger partial charge < -0.3 is 15.0 Å². The first kappa shape index (κ1) is 21.3. The number of nitrogens with zero attached hydrogens (tertiary/aromatic N) is 1. The highest BCUT2D eigenvalue weighted by molar-refractivity contribution is 7.89. The standard InChI is InChI=1S/C21H27N3O4S/c1-17-7-9-19(10-8-17)29(26,27)24-13-11-23(12-14-24)16-21(25)22-15-18-5-3-4-6-20(18)28-2/h3-10H,11-16H2,1-2H3,(H,22,25)/p+1. The third-order valence-corrected chi connectivity index (χ3v) is 7.08. The van der Waals surface area contributed by atoms with Crippen molar-refractivity contribution in [1.29, 1.82) is 0 Å². The molecular weight excluding hydrogens is 390 g/mol. The molecule has 1 heterocycles. The Labute approximate surface area is 172 Å². The number of rotatable bonds is 7. The van der Waals surface area contributed by atoms with Crippen LogP contribution in [-0.4, -0.2) is 58.5 Å². The summed E-state index contributed by atoms with van der Waals surface area (Å²) in [7, 11) is -1.87. The van der Waals surface area contributed by atoms with Gasteiger partial charge in [-0.15, -0.1) is 0 Å². The van der Waals surface area contributed by atoms with E-state index in [1.54, 1.807) is 31.4 Å². The number of para-hydroxylation sites is 1. The lowest BCUT2D eigenvalue weighted by Crippen LogP contribution is -3.15. The number of carbonyl (C=O) groups excluding carboxylic acids is 1. The Hall–Kier alpha value is -2.42. The van der Waals surface area contributed by atoms with E-state index in [1.165, 1.54) is 4.31 Å². The molecular formula is C21H28N3O4S+. The zero-order valence-corrected chi connectivity index (χ0v) is 17.7. The Balaban J connectivity index is 1.49. The number of hydrogen-bond donors (Lipinski definition) is 2. The first-order chi connectivity index (χ1) is 13.9. The summed E-state index contributed by atoms with van der Waals surface area (Å²) in [5.41, 5.74) is 1.95. The van der Waals surface area contributed by atoms with Gasteiger partial charge >= 0.3 is 0 Å². The number of methoxy groups -OCH3 is 1. The van der Waals surface area contributed by atoms with Gasteiger partial charge in [0.2, 0.25) is 10.0 Å². The van der Waals surface area contributed by atoms with E-state index in [4.69, 9.17) is 4.74 Å². The molecule has 0 bridgehead atoms. The van der Waals surface area contributed by atoms with Crippen molar-refractivity contribution in [1.82, 2.24) is 9.62 Å². The Kier molecular flexibility index (Phi) is 6.89. The molecule has 1 aliphatic rings. The van der Waals surface area contributed by atoms with Gasteiger partial charge in [0.25, 0.3) is 5.91 Å². The van der Waals surface area contributed by atoms with Crippen molar-refractivity contribution in [2.75, 3.05) is 39.8 Å². The minimum atomic E-state index is -3.48. The Morgan fingerprint density at radius 1 is 1.10 bits per heavy atom. The second-order valence-corrected chi connectivity index (χ2v) is 9.17. The zero-order chi connectivity index (χ0) is 20.9. The number of piperazine rings is 1. The summed E-state index contributed by atoms with van der Waals surface area (Å²) >= 11 is 0. The van der Waals surface area contributed by atoms with Gasteiger partial charge in [0.05, 0.1) is 38.2 Å². The zero-order valence-electron chi connectivity index (χ0n) is 16.8. The lowest BCUT2D eigenvalue weighted by atomic mass is 10.2. The first-order valence-electron chi connectivity index (χ1n) is 9.69. The largest absolute Gasteiger partial charge is 0.496 e. The third-order valence-electron chi connectivity index (χ3n) is 5.17. The second kappa shape index (κ2) is 9.39. The molecule has 0 radical (unpaired) electrons. The third kappa shape index (κ3) is 5.35. The summed E-state index contributed by atoms with van der Waals surface area (Å²) in [6, 6.07) is 14.5. The van der Waals surface area contributed by atoms with Crippen molar-refractivity contribution in [3.05, 3.63) is 59.7 Å². The molecule has 0 atom stereocenters. The number of benzene rings is 2. The average Bonchev–Trinajstić information content (AvgIpc) is 2.73. The Morgan fingerprint density at radius 3 is 2.41 bits per heavy atom. The highest BCUT2D eigenvalue weighted by Gasteiger charge is 2.31. The molecule has 1 aliphatic heterocycles. The number of quaternary nitrogens is 1. The van der Waals surface area contributed by atoms with Gasteiger partial charge in [0, 0.05) is 12.1 Å². The molecule has 3 rings (SSSR count). The molecule has 0 spiro atoms. The van der Waals surface area contributed by atoms with Crippen LogP contribution in [-0.2, 0) is 21.4 Å². The van der Waals surface area contributed by atoms with Crippen molar-refractivity contribution in [3.8, 4) is 5.75 Å². The molecule has 2 N–H and O–H groups in total. The normalized spacial score (nSPS) is 15.8. The summed E-state index contributed by atoms with van der Waals surface area (Å²) in [6.45, 7) is 4.69. The number of carbonyl (C=O) groups is 1. The van der Waals surface area contributed by atoms with Gasteiger partial charge in [0.15, 0.2) is 6.54 Å². The van der Waals surface area contributed by atoms with Crippen molar-refractivity contribution in [2.24, 2.45) is 0 Å². The number of sulfonamides is 1. The Morgan fingerprint density at radius 2 is 1.76 bits per heavy atom. The van der Waals surface area contributed by atoms with Crippen molar-refractivity contribution >= 4 is 15.9 Å². The van der Waals surface area contributed by atoms with Crippen LogP contribution in [0.5, 0.6) is 5.75 Å². The summed E-state index contributed by atoms with van der Waals surface area (Å²) < 4.78 is 32.3. The van der Waals surface area contributed by atoms with Crippen LogP contribution in [0.3, 0.4) is 0 Å². The molecule has 0 aliphatic carbocycles. The van der Waals surface area contributed by atoms with Gasteiger partial charge in [0.1, 0.15) is 5.75 Å². The lowest BCUT2D eigenvalue weighted by Gasteiger charge is -2.31. The number of aryl methyl sites for hydroxylation is 1. The molecule has 156 valence electrons. The van der Waals surface area contributed by atoms with Crippen molar-refractivity contribution in [2.45, 2.75) is 18.4 Å². The van der Waals surface area contributed by atoms with E-state index in [9.17, 15) is 13.2 Å². The SMILES string of the molecule is COc1ccccc1CNC(=O)C[NH+]1CCN(S(=O)(=O)c2ccc(C)cc2)CC1. The van der Waals surface area contributed by atoms with E-state index < -0.39 is 10.0 Å². The van der Waals surface area contributed by atoms with Crippen LogP contribution < -0.4 is 15.0 Å². The number of ether oxygens (including phenoxy) is 1. The molecule has 0 saturated carbocycles. The van der Waals surface area contributed by atoms with Crippen LogP contribution >= 0.6 is 0 Å². The first-order valence-corrected chi connectivity index (χ1v) is 11.1. The second-order valence-electron chi connectivity index (χ2n) is 7.23. The monoisotopic (exact) mass is 418 g/mol. The fourth-order valence-electron chi connectivity index (χ4n) is 3.41. The van der Waals surface area contributed by atoms with Crippen LogP contribution in [0.1, 0.15) is 11.1 Å². The van der Waals surface area contributed by atoms with Gasteiger partial charge in [-0.3, -0.25) is 4.79 Å². The van der Waals surface area contributed by atoms with Crippen LogP contribution in [0.2, 0.25) is 0 Å². The number of amides is 1. The minimum absolute atomic E-state index is 0.0549. The maximum atomic E-state index is 12.8. The fraction of sp³-hybridized carbons (Fsp3) is 0.381. The molecule has 1 amide bonds. The summed E-state index contributed by atoms with van der Waals surface area (Å²) in [6.07, 6.45) is 0. The van der Waals surface area contributed by atoms with Crippen LogP contribution in [0, 0.1) is 6.92 Å². The highest BCUT2D eigenvalue weighted by atomic mass is 32.2. The molecule has 1 saturated heterocycles. The quantitative estimate of drug-likeness (QED) is 0.674. The molecule has 2 aromatic rings. The van der Waals surface area contributed by atoms with Crippen LogP contribution in [0.15, 0.2) is 53.4 Å². The predicted octanol–water partition coefficient (Wildman–Crippen LogP) is 0.209. The topological polar surface area (TPSA) is 80.2 Å². The van der Waals surface area contributed by atoms with E-state index in [-0.39, 0.29) is 5.91 Å². The molecule has 8 heteroatoms. The van der Waals surface area contributed by atoms with Gasteiger partial charge in [-0.05, 0) is 25.1 Å². The average molecular weight is 419 g/mol.